The maximum atomic E-state index is 13.6. The summed E-state index contributed by atoms with van der Waals surface area (Å²) in [5, 5.41) is 4.36. The number of carbonyl (C=O) groups excluding carboxylic acids is 2. The molecule has 1 N–H and O–H groups in total. The van der Waals surface area contributed by atoms with Crippen LogP contribution in [0.1, 0.15) is 30.5 Å². The number of carbonyl (C=O) groups is 2. The number of halogens is 2. The van der Waals surface area contributed by atoms with Crippen LogP contribution in [0.2, 0.25) is 10.0 Å². The first-order chi connectivity index (χ1) is 17.3. The van der Waals surface area contributed by atoms with Gasteiger partial charge < -0.3 is 10.2 Å². The van der Waals surface area contributed by atoms with Gasteiger partial charge in [0.15, 0.2) is 0 Å². The third-order valence-corrected chi connectivity index (χ3v) is 7.25. The fraction of sp³-hybridized carbons (Fsp3) is 0.310. The molecule has 0 saturated heterocycles. The number of nitrogens with zero attached hydrogens (tertiary/aromatic N) is 1. The summed E-state index contributed by atoms with van der Waals surface area (Å²) in [6, 6.07) is 24.2. The molecule has 1 unspecified atom stereocenters. The van der Waals surface area contributed by atoms with E-state index in [0.717, 1.165) is 16.7 Å². The number of hydrogen-bond acceptors (Lipinski definition) is 3. The second-order valence-electron chi connectivity index (χ2n) is 9.08. The minimum atomic E-state index is -0.643. The van der Waals surface area contributed by atoms with E-state index in [1.165, 1.54) is 11.8 Å². The Morgan fingerprint density at radius 1 is 0.889 bits per heavy atom. The minimum Gasteiger partial charge on any atom is -0.354 e. The topological polar surface area (TPSA) is 49.4 Å². The van der Waals surface area contributed by atoms with Crippen LogP contribution in [-0.2, 0) is 28.3 Å². The number of amides is 2. The van der Waals surface area contributed by atoms with E-state index in [1.807, 2.05) is 66.7 Å². The predicted octanol–water partition coefficient (Wildman–Crippen LogP) is 6.64. The van der Waals surface area contributed by atoms with Crippen molar-refractivity contribution in [3.63, 3.8) is 0 Å². The van der Waals surface area contributed by atoms with Crippen LogP contribution in [0.5, 0.6) is 0 Å². The maximum Gasteiger partial charge on any atom is 0.243 e. The number of benzene rings is 3. The summed E-state index contributed by atoms with van der Waals surface area (Å²) < 4.78 is 0. The molecule has 0 radical (unpaired) electrons. The van der Waals surface area contributed by atoms with E-state index in [4.69, 9.17) is 23.2 Å². The Bertz CT molecular complexity index is 1120. The van der Waals surface area contributed by atoms with Crippen LogP contribution in [0.4, 0.5) is 0 Å². The van der Waals surface area contributed by atoms with Crippen molar-refractivity contribution in [2.45, 2.75) is 38.6 Å². The highest BCUT2D eigenvalue weighted by Crippen LogP contribution is 2.23. The smallest absolute Gasteiger partial charge is 0.243 e. The fourth-order valence-corrected chi connectivity index (χ4v) is 5.03. The Morgan fingerprint density at radius 2 is 1.56 bits per heavy atom. The van der Waals surface area contributed by atoms with Crippen molar-refractivity contribution < 1.29 is 9.59 Å². The third kappa shape index (κ3) is 8.88. The Hall–Kier alpha value is -2.47. The number of rotatable bonds is 12. The van der Waals surface area contributed by atoms with Gasteiger partial charge in [0.2, 0.25) is 11.8 Å². The summed E-state index contributed by atoms with van der Waals surface area (Å²) in [5.41, 5.74) is 2.90. The van der Waals surface area contributed by atoms with Crippen molar-refractivity contribution in [3.05, 3.63) is 106 Å². The van der Waals surface area contributed by atoms with Crippen molar-refractivity contribution in [3.8, 4) is 0 Å². The van der Waals surface area contributed by atoms with Crippen molar-refractivity contribution in [1.29, 1.82) is 0 Å². The highest BCUT2D eigenvalue weighted by atomic mass is 35.5. The molecule has 3 aromatic carbocycles. The summed E-state index contributed by atoms with van der Waals surface area (Å²) in [6.45, 7) is 4.96. The van der Waals surface area contributed by atoms with Gasteiger partial charge in [-0.15, -0.1) is 11.8 Å². The fourth-order valence-electron chi connectivity index (χ4n) is 3.71. The molecule has 190 valence electrons. The van der Waals surface area contributed by atoms with Crippen LogP contribution in [-0.4, -0.2) is 35.1 Å². The van der Waals surface area contributed by atoms with Gasteiger partial charge in [-0.05, 0) is 40.8 Å². The van der Waals surface area contributed by atoms with Crippen molar-refractivity contribution in [1.82, 2.24) is 10.2 Å². The summed E-state index contributed by atoms with van der Waals surface area (Å²) in [6.07, 6.45) is 0.430. The molecule has 36 heavy (non-hydrogen) atoms. The molecule has 2 amide bonds. The molecule has 0 saturated carbocycles. The maximum absolute atomic E-state index is 13.6. The zero-order valence-electron chi connectivity index (χ0n) is 20.6. The van der Waals surface area contributed by atoms with Crippen LogP contribution in [0.15, 0.2) is 78.9 Å². The van der Waals surface area contributed by atoms with Gasteiger partial charge in [-0.1, -0.05) is 97.7 Å². The Labute approximate surface area is 228 Å². The van der Waals surface area contributed by atoms with Crippen LogP contribution in [0.25, 0.3) is 0 Å². The Kier molecular flexibility index (Phi) is 11.2. The number of nitrogens with one attached hydrogen (secondary N) is 1. The molecule has 0 spiro atoms. The average Bonchev–Trinajstić information content (AvgIpc) is 2.87. The standard InChI is InChI=1S/C29H32Cl2N2O2S/c1-21(2)17-32-29(35)27(16-22-8-4-3-5-9-22)33(18-23-12-14-25(30)15-13-23)28(34)20-36-19-24-10-6-7-11-26(24)31/h3-15,21,27H,16-20H2,1-2H3,(H,32,35). The molecule has 3 rings (SSSR count). The van der Waals surface area contributed by atoms with Crippen LogP contribution < -0.4 is 5.32 Å². The lowest BCUT2D eigenvalue weighted by Crippen LogP contribution is -2.51. The van der Waals surface area contributed by atoms with Gasteiger partial charge in [-0.25, -0.2) is 0 Å². The lowest BCUT2D eigenvalue weighted by molar-refractivity contribution is -0.139. The minimum absolute atomic E-state index is 0.0948. The molecule has 0 aliphatic rings. The van der Waals surface area contributed by atoms with Gasteiger partial charge in [0.05, 0.1) is 5.75 Å². The van der Waals surface area contributed by atoms with Gasteiger partial charge in [-0.3, -0.25) is 9.59 Å². The molecule has 1 atom stereocenters. The molecule has 0 bridgehead atoms. The molecule has 3 aromatic rings. The number of thioether (sulfide) groups is 1. The van der Waals surface area contributed by atoms with E-state index in [0.29, 0.717) is 41.2 Å². The predicted molar refractivity (Wildman–Crippen MR) is 151 cm³/mol. The van der Waals surface area contributed by atoms with E-state index in [-0.39, 0.29) is 17.6 Å². The molecular weight excluding hydrogens is 511 g/mol. The molecular formula is C29H32Cl2N2O2S. The highest BCUT2D eigenvalue weighted by molar-refractivity contribution is 7.99. The zero-order valence-corrected chi connectivity index (χ0v) is 23.0. The Balaban J connectivity index is 1.84. The van der Waals surface area contributed by atoms with E-state index in [1.54, 1.807) is 17.0 Å². The summed E-state index contributed by atoms with van der Waals surface area (Å²) in [4.78, 5) is 28.8. The normalized spacial score (nSPS) is 11.8. The zero-order chi connectivity index (χ0) is 25.9. The van der Waals surface area contributed by atoms with Crippen LogP contribution in [0.3, 0.4) is 0 Å². The van der Waals surface area contributed by atoms with Crippen molar-refractivity contribution >= 4 is 46.8 Å². The molecule has 0 aromatic heterocycles. The average molecular weight is 544 g/mol. The first-order valence-corrected chi connectivity index (χ1v) is 13.9. The second-order valence-corrected chi connectivity index (χ2v) is 10.9. The molecule has 0 fully saturated rings. The third-order valence-electron chi connectivity index (χ3n) is 5.66. The lowest BCUT2D eigenvalue weighted by atomic mass is 10.0. The highest BCUT2D eigenvalue weighted by Gasteiger charge is 2.30. The van der Waals surface area contributed by atoms with Gasteiger partial charge in [0.1, 0.15) is 6.04 Å². The lowest BCUT2D eigenvalue weighted by Gasteiger charge is -2.32. The molecule has 7 heteroatoms. The van der Waals surface area contributed by atoms with Gasteiger partial charge in [0.25, 0.3) is 0 Å². The van der Waals surface area contributed by atoms with E-state index in [2.05, 4.69) is 19.2 Å². The van der Waals surface area contributed by atoms with E-state index < -0.39 is 6.04 Å². The van der Waals surface area contributed by atoms with Crippen molar-refractivity contribution in [2.75, 3.05) is 12.3 Å². The largest absolute Gasteiger partial charge is 0.354 e. The molecule has 4 nitrogen and oxygen atoms in total. The molecule has 0 aliphatic carbocycles. The summed E-state index contributed by atoms with van der Waals surface area (Å²) in [7, 11) is 0. The van der Waals surface area contributed by atoms with Gasteiger partial charge in [0, 0.05) is 35.3 Å². The number of hydrogen-bond donors (Lipinski definition) is 1. The molecule has 0 heterocycles. The second kappa shape index (κ2) is 14.3. The van der Waals surface area contributed by atoms with Gasteiger partial charge in [-0.2, -0.15) is 0 Å². The first-order valence-electron chi connectivity index (χ1n) is 12.0. The van der Waals surface area contributed by atoms with Crippen LogP contribution in [0, 0.1) is 5.92 Å². The monoisotopic (exact) mass is 542 g/mol. The van der Waals surface area contributed by atoms with E-state index >= 15 is 0 Å². The van der Waals surface area contributed by atoms with Gasteiger partial charge >= 0.3 is 0 Å². The Morgan fingerprint density at radius 3 is 2.22 bits per heavy atom. The SMILES string of the molecule is CC(C)CNC(=O)C(Cc1ccccc1)N(Cc1ccc(Cl)cc1)C(=O)CSCc1ccccc1Cl. The summed E-state index contributed by atoms with van der Waals surface area (Å²) in [5.74, 6) is 0.913. The quantitative estimate of drug-likeness (QED) is 0.279. The first kappa shape index (κ1) is 28.1. The van der Waals surface area contributed by atoms with Crippen molar-refractivity contribution in [2.24, 2.45) is 5.92 Å². The summed E-state index contributed by atoms with van der Waals surface area (Å²) >= 11 is 13.9. The van der Waals surface area contributed by atoms with E-state index in [9.17, 15) is 9.59 Å². The van der Waals surface area contributed by atoms with Crippen LogP contribution >= 0.6 is 35.0 Å². The molecule has 0 aliphatic heterocycles.